The molecule has 22 nitrogen and oxygen atoms in total. The molecule has 2 amide bonds. The van der Waals surface area contributed by atoms with Crippen LogP contribution in [0.15, 0.2) is 84.7 Å². The van der Waals surface area contributed by atoms with E-state index in [1.54, 1.807) is 42.7 Å². The van der Waals surface area contributed by atoms with Gasteiger partial charge in [-0.3, -0.25) is 33.8 Å². The summed E-state index contributed by atoms with van der Waals surface area (Å²) in [4.78, 5) is 65.7. The van der Waals surface area contributed by atoms with Gasteiger partial charge in [0.25, 0.3) is 11.5 Å². The van der Waals surface area contributed by atoms with Crippen LogP contribution in [0.2, 0.25) is 0 Å². The highest BCUT2D eigenvalue weighted by molar-refractivity contribution is 8.29. The Morgan fingerprint density at radius 2 is 1.77 bits per heavy atom. The molecule has 65 heavy (non-hydrogen) atoms. The third-order valence-corrected chi connectivity index (χ3v) is 13.8. The zero-order valence-corrected chi connectivity index (χ0v) is 38.1. The van der Waals surface area contributed by atoms with Crippen molar-refractivity contribution in [3.05, 3.63) is 95.8 Å². The van der Waals surface area contributed by atoms with Crippen molar-refractivity contribution in [1.29, 1.82) is 5.26 Å². The predicted octanol–water partition coefficient (Wildman–Crippen LogP) is 4.63. The van der Waals surface area contributed by atoms with E-state index in [4.69, 9.17) is 56.1 Å². The number of pyridine rings is 1. The molecule has 3 fully saturated rings. The molecule has 3 saturated heterocycles. The molecule has 2 bridgehead atoms. The zero-order valence-electron chi connectivity index (χ0n) is 34.7. The minimum Gasteiger partial charge on any atom is -0.700 e. The van der Waals surface area contributed by atoms with Gasteiger partial charge in [0.2, 0.25) is 11.9 Å². The second-order valence-corrected chi connectivity index (χ2v) is 19.6. The smallest absolute Gasteiger partial charge is 0.327 e. The van der Waals surface area contributed by atoms with E-state index in [1.165, 1.54) is 23.5 Å². The van der Waals surface area contributed by atoms with Gasteiger partial charge < -0.3 is 49.7 Å². The average molecular weight is 965 g/mol. The quantitative estimate of drug-likeness (QED) is 0.101. The second kappa shape index (κ2) is 21.0. The summed E-state index contributed by atoms with van der Waals surface area (Å²) in [5.74, 6) is -0.917. The van der Waals surface area contributed by atoms with Gasteiger partial charge in [0, 0.05) is 44.0 Å². The maximum absolute atomic E-state index is 13.0. The molecule has 340 valence electrons. The van der Waals surface area contributed by atoms with E-state index < -0.39 is 56.7 Å². The van der Waals surface area contributed by atoms with Crippen LogP contribution in [0.5, 0.6) is 0 Å². The van der Waals surface area contributed by atoms with Gasteiger partial charge in [0.1, 0.15) is 24.8 Å². The largest absolute Gasteiger partial charge is 0.700 e. The van der Waals surface area contributed by atoms with E-state index in [2.05, 4.69) is 45.5 Å². The summed E-state index contributed by atoms with van der Waals surface area (Å²) in [6.45, 7) is -0.422. The maximum Gasteiger partial charge on any atom is 0.327 e. The Morgan fingerprint density at radius 3 is 2.51 bits per heavy atom. The zero-order chi connectivity index (χ0) is 45.5. The lowest BCUT2D eigenvalue weighted by atomic mass is 10.2. The number of fused-ring (bicyclic) bond motifs is 5. The normalized spacial score (nSPS) is 25.6. The van der Waals surface area contributed by atoms with Crippen molar-refractivity contribution in [2.24, 2.45) is 5.92 Å². The van der Waals surface area contributed by atoms with Gasteiger partial charge in [0.15, 0.2) is 46.8 Å². The molecule has 1 aromatic carbocycles. The van der Waals surface area contributed by atoms with Crippen LogP contribution in [0, 0.1) is 17.2 Å². The summed E-state index contributed by atoms with van der Waals surface area (Å²) in [6, 6.07) is 16.6. The van der Waals surface area contributed by atoms with Crippen LogP contribution in [0.4, 0.5) is 11.8 Å². The number of aromatic nitrogens is 9. The van der Waals surface area contributed by atoms with Crippen LogP contribution in [0.1, 0.15) is 55.9 Å². The summed E-state index contributed by atoms with van der Waals surface area (Å²) in [6.07, 6.45) is 3.98. The maximum atomic E-state index is 13.0. The van der Waals surface area contributed by atoms with Crippen LogP contribution in [-0.4, -0.2) is 95.1 Å². The van der Waals surface area contributed by atoms with E-state index >= 15 is 0 Å². The molecule has 8 heterocycles. The summed E-state index contributed by atoms with van der Waals surface area (Å²) in [5, 5.41) is 14.7. The molecule has 6 aromatic rings. The highest BCUT2D eigenvalue weighted by Gasteiger charge is 2.45. The Hall–Kier alpha value is -5.15. The van der Waals surface area contributed by atoms with E-state index in [-0.39, 0.29) is 79.7 Å². The summed E-state index contributed by atoms with van der Waals surface area (Å²) < 4.78 is 47.3. The number of hydrogen-bond donors (Lipinski definition) is 3. The third-order valence-electron chi connectivity index (χ3n) is 10.1. The van der Waals surface area contributed by atoms with Gasteiger partial charge >= 0.3 is 6.72 Å². The molecule has 0 spiro atoms. The van der Waals surface area contributed by atoms with Crippen LogP contribution < -0.4 is 21.2 Å². The van der Waals surface area contributed by atoms with Crippen molar-refractivity contribution in [2.45, 2.75) is 70.0 Å². The summed E-state index contributed by atoms with van der Waals surface area (Å²) in [7, 11) is -1.98. The Morgan fingerprint density at radius 1 is 1.00 bits per heavy atom. The number of carbonyl (C=O) groups is 2. The molecule has 5 aromatic heterocycles. The molecule has 3 aliphatic heterocycles. The number of nitriles is 1. The molecule has 0 radical (unpaired) electrons. The fraction of sp³-hybridized carbons (Fsp3) is 0.385. The first-order chi connectivity index (χ1) is 31.5. The number of aromatic amines is 2. The van der Waals surface area contributed by atoms with Crippen molar-refractivity contribution in [1.82, 2.24) is 39.0 Å². The molecule has 2 unspecified atom stereocenters. The van der Waals surface area contributed by atoms with Crippen molar-refractivity contribution >= 4 is 84.3 Å². The number of ether oxygens (including phenoxy) is 2. The average Bonchev–Trinajstić information content (AvgIpc) is 4.11. The number of H-pyrrole nitrogens is 2. The van der Waals surface area contributed by atoms with E-state index in [0.29, 0.717) is 16.7 Å². The topological polar surface area (TPSA) is 268 Å². The van der Waals surface area contributed by atoms with E-state index in [0.717, 1.165) is 0 Å². The lowest BCUT2D eigenvalue weighted by Crippen LogP contribution is -2.29. The van der Waals surface area contributed by atoms with Gasteiger partial charge in [-0.05, 0) is 23.9 Å². The number of anilines is 2. The first-order valence-electron chi connectivity index (χ1n) is 20.2. The number of amides is 2. The van der Waals surface area contributed by atoms with Gasteiger partial charge in [-0.15, -0.1) is 0 Å². The first kappa shape index (κ1) is 46.4. The predicted molar refractivity (Wildman–Crippen MR) is 238 cm³/mol. The molecule has 8 atom stereocenters. The van der Waals surface area contributed by atoms with Crippen LogP contribution in [0.3, 0.4) is 0 Å². The lowest BCUT2D eigenvalue weighted by Gasteiger charge is -2.31. The second-order valence-electron chi connectivity index (χ2n) is 14.9. The minimum absolute atomic E-state index is 0.0138. The Kier molecular flexibility index (Phi) is 15.0. The molecule has 0 aliphatic carbocycles. The SMILES string of the molecule is CC(C)C(=O)Nc1nc2c(ncn2[C@@H]2O[C@@H]3COP(=S)(OCCC#N)O[C@H]4C[C@H](n5cnc6c(NC(=O)c7ccccc7)ncnc65)O[C@@H]4COP([S-])O[C@@H]2C3)c(=O)[nH]1.c1cc[nH+]cc1. The number of benzene rings is 1. The molecular weight excluding hydrogens is 923 g/mol. The van der Waals surface area contributed by atoms with E-state index in [1.807, 2.05) is 42.7 Å². The fourth-order valence-corrected chi connectivity index (χ4v) is 10.3. The van der Waals surface area contributed by atoms with Crippen LogP contribution >= 0.6 is 14.3 Å². The fourth-order valence-electron chi connectivity index (χ4n) is 6.91. The van der Waals surface area contributed by atoms with Crippen molar-refractivity contribution in [3.8, 4) is 6.07 Å². The standard InChI is InChI=1S/C34H36N11O10P2S2.C5H5N/c1-18(2)30(46)42-34-41-29-26(32(48)43-34)39-17-45(29)33-22-11-20(52-33)13-51-57(59,50-10-6-9-35)55-21-12-24(53-23(21)14-49-56(58)54-22)44-16-38-25-27(36-15-37-28(25)44)40-31(47)19-7-4-3-5-8-19;1-2-4-6-5-3-1/h3-5,7-8,15-18,20-24,33H,6,10-14H2,1-2H3,(H,36,37,40,47)(H2,41,42,43,46,48);1-5H/q-1;/p+1/t20-,21-,22+,23+,24+,33+,56?,57?;/m0./s1. The monoisotopic (exact) mass is 964 g/mol. The summed E-state index contributed by atoms with van der Waals surface area (Å²) >= 11 is 11.6. The number of carbonyl (C=O) groups excluding carboxylic acids is 2. The molecule has 3 aliphatic rings. The number of nitrogens with one attached hydrogen (secondary N) is 4. The van der Waals surface area contributed by atoms with Gasteiger partial charge in [0.05, 0.1) is 57.2 Å². The van der Waals surface area contributed by atoms with Crippen molar-refractivity contribution < 1.29 is 46.7 Å². The molecular formula is C39H42N12O10P2S2. The number of nitrogens with zero attached hydrogens (tertiary/aromatic N) is 8. The number of imidazole rings is 2. The van der Waals surface area contributed by atoms with Crippen molar-refractivity contribution in [3.63, 3.8) is 0 Å². The molecule has 0 saturated carbocycles. The summed E-state index contributed by atoms with van der Waals surface area (Å²) in [5.41, 5.74) is 0.746. The van der Waals surface area contributed by atoms with Crippen LogP contribution in [0.25, 0.3) is 22.3 Å². The van der Waals surface area contributed by atoms with Gasteiger partial charge in [-0.1, -0.05) is 38.1 Å². The number of hydrogen-bond acceptors (Lipinski definition) is 18. The molecule has 4 N–H and O–H groups in total. The highest BCUT2D eigenvalue weighted by atomic mass is 32.7. The van der Waals surface area contributed by atoms with E-state index in [9.17, 15) is 19.6 Å². The molecule has 26 heteroatoms. The lowest BCUT2D eigenvalue weighted by molar-refractivity contribution is -0.377. The Balaban J connectivity index is 0.000000888. The Bertz CT molecular complexity index is 2740. The third kappa shape index (κ3) is 11.1. The van der Waals surface area contributed by atoms with Crippen molar-refractivity contribution in [2.75, 3.05) is 30.5 Å². The highest BCUT2D eigenvalue weighted by Crippen LogP contribution is 2.55. The van der Waals surface area contributed by atoms with Gasteiger partial charge in [-0.25, -0.2) is 24.9 Å². The van der Waals surface area contributed by atoms with Gasteiger partial charge in [-0.2, -0.15) is 10.2 Å². The minimum atomic E-state index is -3.59. The van der Waals surface area contributed by atoms with Crippen LogP contribution in [-0.2, 0) is 60.9 Å². The molecule has 9 rings (SSSR count). The first-order valence-corrected chi connectivity index (χ1v) is 25.0. The number of rotatable bonds is 9. The Labute approximate surface area is 382 Å².